The molecule has 1 amide bonds. The Kier molecular flexibility index (Phi) is 7.89. The fourth-order valence-corrected chi connectivity index (χ4v) is 5.09. The first-order valence-electron chi connectivity index (χ1n) is 13.0. The summed E-state index contributed by atoms with van der Waals surface area (Å²) in [5.41, 5.74) is 1.24. The molecule has 4 rings (SSSR count). The lowest BCUT2D eigenvalue weighted by atomic mass is 9.87. The third kappa shape index (κ3) is 5.42. The van der Waals surface area contributed by atoms with Crippen LogP contribution in [0.5, 0.6) is 5.75 Å². The van der Waals surface area contributed by atoms with Crippen LogP contribution in [0.1, 0.15) is 71.7 Å². The molecule has 1 saturated carbocycles. The number of rotatable bonds is 8. The van der Waals surface area contributed by atoms with E-state index in [1.165, 1.54) is 6.42 Å². The maximum atomic E-state index is 13.8. The number of ether oxygens (including phenoxy) is 1. The molecule has 1 fully saturated rings. The number of aromatic nitrogens is 2. The van der Waals surface area contributed by atoms with Gasteiger partial charge >= 0.3 is 0 Å². The number of carbonyl (C=O) groups is 1. The third-order valence-corrected chi connectivity index (χ3v) is 6.85. The van der Waals surface area contributed by atoms with Crippen molar-refractivity contribution in [2.45, 2.75) is 65.8 Å². The van der Waals surface area contributed by atoms with Gasteiger partial charge in [0.2, 0.25) is 5.91 Å². The van der Waals surface area contributed by atoms with Crippen LogP contribution in [0.25, 0.3) is 16.6 Å². The summed E-state index contributed by atoms with van der Waals surface area (Å²) < 4.78 is 7.27. The molecule has 1 aliphatic carbocycles. The second-order valence-electron chi connectivity index (χ2n) is 9.95. The molecule has 0 saturated heterocycles. The van der Waals surface area contributed by atoms with Crippen LogP contribution in [0.4, 0.5) is 0 Å². The SMILES string of the molecule is CCOc1ccc(-n2c(C(C)N(CC(C)C)C(=O)C3CCCCC3)nc3ccccc3c2=O)cc1. The van der Waals surface area contributed by atoms with Crippen molar-refractivity contribution in [3.63, 3.8) is 0 Å². The normalized spacial score (nSPS) is 15.3. The van der Waals surface area contributed by atoms with Gasteiger partial charge in [-0.25, -0.2) is 4.98 Å². The Labute approximate surface area is 207 Å². The van der Waals surface area contributed by atoms with E-state index in [0.29, 0.717) is 41.5 Å². The number of para-hydroxylation sites is 1. The van der Waals surface area contributed by atoms with Crippen molar-refractivity contribution in [2.75, 3.05) is 13.2 Å². The zero-order valence-corrected chi connectivity index (χ0v) is 21.4. The molecule has 3 aromatic rings. The molecule has 1 heterocycles. The minimum atomic E-state index is -0.351. The van der Waals surface area contributed by atoms with Gasteiger partial charge in [-0.1, -0.05) is 45.2 Å². The lowest BCUT2D eigenvalue weighted by Crippen LogP contribution is -2.42. The maximum absolute atomic E-state index is 13.8. The van der Waals surface area contributed by atoms with Crippen molar-refractivity contribution < 1.29 is 9.53 Å². The molecule has 6 nitrogen and oxygen atoms in total. The first kappa shape index (κ1) is 25.0. The zero-order chi connectivity index (χ0) is 24.9. The van der Waals surface area contributed by atoms with E-state index in [2.05, 4.69) is 13.8 Å². The van der Waals surface area contributed by atoms with E-state index in [-0.39, 0.29) is 23.4 Å². The minimum Gasteiger partial charge on any atom is -0.494 e. The van der Waals surface area contributed by atoms with E-state index >= 15 is 0 Å². The number of fused-ring (bicyclic) bond motifs is 1. The van der Waals surface area contributed by atoms with E-state index in [0.717, 1.165) is 31.4 Å². The van der Waals surface area contributed by atoms with Crippen LogP contribution in [-0.4, -0.2) is 33.5 Å². The van der Waals surface area contributed by atoms with E-state index in [1.807, 2.05) is 67.3 Å². The fourth-order valence-electron chi connectivity index (χ4n) is 5.09. The quantitative estimate of drug-likeness (QED) is 0.406. The van der Waals surface area contributed by atoms with Gasteiger partial charge in [0.25, 0.3) is 5.56 Å². The van der Waals surface area contributed by atoms with Crippen LogP contribution < -0.4 is 10.3 Å². The van der Waals surface area contributed by atoms with Gasteiger partial charge in [0, 0.05) is 12.5 Å². The monoisotopic (exact) mass is 475 g/mol. The van der Waals surface area contributed by atoms with Gasteiger partial charge in [-0.05, 0) is 69.0 Å². The highest BCUT2D eigenvalue weighted by Crippen LogP contribution is 2.30. The number of hydrogen-bond donors (Lipinski definition) is 0. The van der Waals surface area contributed by atoms with Crippen LogP contribution in [0, 0.1) is 11.8 Å². The van der Waals surface area contributed by atoms with Gasteiger partial charge in [-0.2, -0.15) is 0 Å². The van der Waals surface area contributed by atoms with Gasteiger partial charge < -0.3 is 9.64 Å². The molecule has 1 atom stereocenters. The Morgan fingerprint density at radius 3 is 2.40 bits per heavy atom. The molecule has 1 aliphatic rings. The van der Waals surface area contributed by atoms with Crippen molar-refractivity contribution in [3.8, 4) is 11.4 Å². The van der Waals surface area contributed by atoms with Crippen molar-refractivity contribution in [1.29, 1.82) is 0 Å². The molecule has 35 heavy (non-hydrogen) atoms. The highest BCUT2D eigenvalue weighted by Gasteiger charge is 2.32. The van der Waals surface area contributed by atoms with Crippen LogP contribution >= 0.6 is 0 Å². The molecule has 0 aliphatic heterocycles. The van der Waals surface area contributed by atoms with Gasteiger partial charge in [0.1, 0.15) is 11.6 Å². The Balaban J connectivity index is 1.84. The second-order valence-corrected chi connectivity index (χ2v) is 9.95. The fraction of sp³-hybridized carbons (Fsp3) is 0.483. The van der Waals surface area contributed by atoms with E-state index in [1.54, 1.807) is 4.57 Å². The van der Waals surface area contributed by atoms with Gasteiger partial charge in [-0.15, -0.1) is 0 Å². The lowest BCUT2D eigenvalue weighted by Gasteiger charge is -2.35. The van der Waals surface area contributed by atoms with Gasteiger partial charge in [0.05, 0.1) is 29.2 Å². The topological polar surface area (TPSA) is 64.4 Å². The molecule has 0 bridgehead atoms. The van der Waals surface area contributed by atoms with Crippen LogP contribution in [0.15, 0.2) is 53.3 Å². The summed E-state index contributed by atoms with van der Waals surface area (Å²) in [6.07, 6.45) is 5.29. The van der Waals surface area contributed by atoms with Crippen molar-refractivity contribution in [1.82, 2.24) is 14.5 Å². The Bertz CT molecular complexity index is 1210. The minimum absolute atomic E-state index is 0.0519. The number of amides is 1. The molecule has 1 unspecified atom stereocenters. The van der Waals surface area contributed by atoms with Crippen molar-refractivity contribution >= 4 is 16.8 Å². The molecule has 0 spiro atoms. The Morgan fingerprint density at radius 1 is 1.06 bits per heavy atom. The van der Waals surface area contributed by atoms with Crippen molar-refractivity contribution in [3.05, 3.63) is 64.7 Å². The van der Waals surface area contributed by atoms with E-state index in [4.69, 9.17) is 9.72 Å². The summed E-state index contributed by atoms with van der Waals surface area (Å²) in [6, 6.07) is 14.6. The third-order valence-electron chi connectivity index (χ3n) is 6.85. The number of benzene rings is 2. The van der Waals surface area contributed by atoms with Crippen LogP contribution in [0.2, 0.25) is 0 Å². The maximum Gasteiger partial charge on any atom is 0.266 e. The highest BCUT2D eigenvalue weighted by atomic mass is 16.5. The largest absolute Gasteiger partial charge is 0.494 e. The van der Waals surface area contributed by atoms with E-state index < -0.39 is 0 Å². The Morgan fingerprint density at radius 2 is 1.74 bits per heavy atom. The summed E-state index contributed by atoms with van der Waals surface area (Å²) in [5, 5.41) is 0.561. The zero-order valence-electron chi connectivity index (χ0n) is 21.4. The summed E-state index contributed by atoms with van der Waals surface area (Å²) in [7, 11) is 0. The molecular weight excluding hydrogens is 438 g/mol. The summed E-state index contributed by atoms with van der Waals surface area (Å²) >= 11 is 0. The average Bonchev–Trinajstić information content (AvgIpc) is 2.88. The highest BCUT2D eigenvalue weighted by molar-refractivity contribution is 5.80. The average molecular weight is 476 g/mol. The predicted molar refractivity (Wildman–Crippen MR) is 140 cm³/mol. The molecule has 0 N–H and O–H groups in total. The van der Waals surface area contributed by atoms with Crippen molar-refractivity contribution in [2.24, 2.45) is 11.8 Å². The Hall–Kier alpha value is -3.15. The lowest BCUT2D eigenvalue weighted by molar-refractivity contribution is -0.139. The van der Waals surface area contributed by atoms with Crippen LogP contribution in [0.3, 0.4) is 0 Å². The van der Waals surface area contributed by atoms with Crippen LogP contribution in [-0.2, 0) is 4.79 Å². The summed E-state index contributed by atoms with van der Waals surface area (Å²) in [5.74, 6) is 1.88. The predicted octanol–water partition coefficient (Wildman–Crippen LogP) is 5.91. The second kappa shape index (κ2) is 11.1. The number of hydrogen-bond acceptors (Lipinski definition) is 4. The summed E-state index contributed by atoms with van der Waals surface area (Å²) in [4.78, 5) is 34.5. The van der Waals surface area contributed by atoms with Gasteiger partial charge in [-0.3, -0.25) is 14.2 Å². The van der Waals surface area contributed by atoms with Gasteiger partial charge in [0.15, 0.2) is 0 Å². The molecule has 186 valence electrons. The smallest absolute Gasteiger partial charge is 0.266 e. The number of nitrogens with zero attached hydrogens (tertiary/aromatic N) is 3. The standard InChI is InChI=1S/C29H37N3O3/c1-5-35-24-17-15-23(16-18-24)32-27(30-26-14-10-9-13-25(26)29(32)34)21(4)31(19-20(2)3)28(33)22-11-7-6-8-12-22/h9-10,13-18,20-22H,5-8,11-12,19H2,1-4H3. The number of carbonyl (C=O) groups excluding carboxylic acids is 1. The first-order chi connectivity index (χ1) is 16.9. The molecule has 0 radical (unpaired) electrons. The molecule has 1 aromatic heterocycles. The molecular formula is C29H37N3O3. The summed E-state index contributed by atoms with van der Waals surface area (Å²) in [6.45, 7) is 9.40. The van der Waals surface area contributed by atoms with E-state index in [9.17, 15) is 9.59 Å². The molecule has 6 heteroatoms. The molecule has 2 aromatic carbocycles. The first-order valence-corrected chi connectivity index (χ1v) is 13.0.